The second-order valence-electron chi connectivity index (χ2n) is 4.66. The molecule has 1 aliphatic heterocycles. The van der Waals surface area contributed by atoms with Crippen molar-refractivity contribution in [1.82, 2.24) is 9.88 Å². The van der Waals surface area contributed by atoms with E-state index >= 15 is 0 Å². The van der Waals surface area contributed by atoms with Gasteiger partial charge in [-0.1, -0.05) is 29.6 Å². The van der Waals surface area contributed by atoms with Gasteiger partial charge >= 0.3 is 0 Å². The van der Waals surface area contributed by atoms with E-state index < -0.39 is 0 Å². The average Bonchev–Trinajstić information content (AvgIpc) is 2.36. The Balaban J connectivity index is 2.11. The highest BCUT2D eigenvalue weighted by molar-refractivity contribution is 6.35. The predicted molar refractivity (Wildman–Crippen MR) is 74.2 cm³/mol. The Morgan fingerprint density at radius 1 is 1.33 bits per heavy atom. The molecule has 0 amide bonds. The van der Waals surface area contributed by atoms with Crippen molar-refractivity contribution in [3.8, 4) is 0 Å². The number of aromatic nitrogens is 1. The van der Waals surface area contributed by atoms with Gasteiger partial charge in [0.15, 0.2) is 0 Å². The number of methoxy groups -OCH3 is 1. The van der Waals surface area contributed by atoms with Crippen LogP contribution in [0, 0.1) is 0 Å². The van der Waals surface area contributed by atoms with Gasteiger partial charge in [0.1, 0.15) is 0 Å². The number of rotatable bonds is 4. The van der Waals surface area contributed by atoms with Crippen LogP contribution >= 0.6 is 23.2 Å². The van der Waals surface area contributed by atoms with E-state index in [1.165, 1.54) is 19.3 Å². The summed E-state index contributed by atoms with van der Waals surface area (Å²) in [5.74, 6) is 0. The van der Waals surface area contributed by atoms with Crippen LogP contribution in [0.5, 0.6) is 0 Å². The Hall–Kier alpha value is -0.350. The fraction of sp³-hybridized carbons (Fsp3) is 0.615. The molecular weight excluding hydrogens is 271 g/mol. The minimum absolute atomic E-state index is 0.462. The van der Waals surface area contributed by atoms with Gasteiger partial charge < -0.3 is 4.74 Å². The van der Waals surface area contributed by atoms with Crippen molar-refractivity contribution in [2.75, 3.05) is 20.3 Å². The Bertz CT molecular complexity index is 378. The topological polar surface area (TPSA) is 25.4 Å². The molecule has 1 aromatic heterocycles. The van der Waals surface area contributed by atoms with Gasteiger partial charge in [0.25, 0.3) is 0 Å². The molecule has 2 rings (SSSR count). The lowest BCUT2D eigenvalue weighted by Crippen LogP contribution is -2.41. The first-order valence-electron chi connectivity index (χ1n) is 6.23. The molecule has 18 heavy (non-hydrogen) atoms. The fourth-order valence-electron chi connectivity index (χ4n) is 2.44. The number of hydrogen-bond acceptors (Lipinski definition) is 3. The number of nitrogens with zero attached hydrogens (tertiary/aromatic N) is 2. The van der Waals surface area contributed by atoms with E-state index in [4.69, 9.17) is 27.9 Å². The summed E-state index contributed by atoms with van der Waals surface area (Å²) in [5.41, 5.74) is 0.969. The summed E-state index contributed by atoms with van der Waals surface area (Å²) in [7, 11) is 1.75. The van der Waals surface area contributed by atoms with Crippen molar-refractivity contribution in [3.05, 3.63) is 28.0 Å². The van der Waals surface area contributed by atoms with Crippen LogP contribution in [0.25, 0.3) is 0 Å². The minimum atomic E-state index is 0.462. The monoisotopic (exact) mass is 288 g/mol. The first-order valence-corrected chi connectivity index (χ1v) is 6.99. The quantitative estimate of drug-likeness (QED) is 0.849. The van der Waals surface area contributed by atoms with Crippen LogP contribution in [0.2, 0.25) is 10.0 Å². The van der Waals surface area contributed by atoms with Crippen LogP contribution in [-0.4, -0.2) is 36.2 Å². The molecule has 1 aromatic rings. The molecule has 0 spiro atoms. The van der Waals surface area contributed by atoms with Crippen molar-refractivity contribution in [2.45, 2.75) is 31.8 Å². The smallest absolute Gasteiger partial charge is 0.0649 e. The molecule has 5 heteroatoms. The molecule has 1 atom stereocenters. The van der Waals surface area contributed by atoms with E-state index in [0.717, 1.165) is 25.3 Å². The summed E-state index contributed by atoms with van der Waals surface area (Å²) in [5, 5.41) is 1.29. The first-order chi connectivity index (χ1) is 8.72. The number of hydrogen-bond donors (Lipinski definition) is 0. The summed E-state index contributed by atoms with van der Waals surface area (Å²) < 4.78 is 5.29. The molecule has 1 fully saturated rings. The van der Waals surface area contributed by atoms with Crippen molar-refractivity contribution in [2.24, 2.45) is 0 Å². The molecule has 1 aliphatic rings. The lowest BCUT2D eigenvalue weighted by molar-refractivity contribution is 0.0600. The van der Waals surface area contributed by atoms with Crippen LogP contribution in [0.3, 0.4) is 0 Å². The van der Waals surface area contributed by atoms with Crippen LogP contribution < -0.4 is 0 Å². The van der Waals surface area contributed by atoms with Gasteiger partial charge in [0.2, 0.25) is 0 Å². The summed E-state index contributed by atoms with van der Waals surface area (Å²) in [6.07, 6.45) is 6.97. The second kappa shape index (κ2) is 6.71. The molecule has 0 saturated carbocycles. The lowest BCUT2D eigenvalue weighted by atomic mass is 10.0. The number of pyridine rings is 1. The molecule has 0 radical (unpaired) electrons. The fourth-order valence-corrected chi connectivity index (χ4v) is 2.93. The van der Waals surface area contributed by atoms with E-state index in [9.17, 15) is 0 Å². The highest BCUT2D eigenvalue weighted by Gasteiger charge is 2.23. The van der Waals surface area contributed by atoms with Gasteiger partial charge in [-0.15, -0.1) is 0 Å². The molecule has 3 nitrogen and oxygen atoms in total. The third kappa shape index (κ3) is 3.35. The molecule has 0 bridgehead atoms. The molecule has 2 heterocycles. The number of likely N-dealkylation sites (tertiary alicyclic amines) is 1. The van der Waals surface area contributed by atoms with Crippen LogP contribution in [0.15, 0.2) is 12.4 Å². The van der Waals surface area contributed by atoms with Gasteiger partial charge in [-0.3, -0.25) is 9.88 Å². The minimum Gasteiger partial charge on any atom is -0.383 e. The number of piperidine rings is 1. The van der Waals surface area contributed by atoms with Gasteiger partial charge in [-0.2, -0.15) is 0 Å². The third-order valence-electron chi connectivity index (χ3n) is 3.42. The number of ether oxygens (including phenoxy) is 1. The molecule has 0 aromatic carbocycles. The van der Waals surface area contributed by atoms with E-state index in [2.05, 4.69) is 9.88 Å². The van der Waals surface area contributed by atoms with E-state index in [-0.39, 0.29) is 0 Å². The zero-order chi connectivity index (χ0) is 13.0. The van der Waals surface area contributed by atoms with Crippen LogP contribution in [0.4, 0.5) is 0 Å². The van der Waals surface area contributed by atoms with Crippen molar-refractivity contribution in [1.29, 1.82) is 0 Å². The Labute approximate surface area is 118 Å². The van der Waals surface area contributed by atoms with Gasteiger partial charge in [0, 0.05) is 37.7 Å². The lowest BCUT2D eigenvalue weighted by Gasteiger charge is -2.35. The van der Waals surface area contributed by atoms with Crippen molar-refractivity contribution >= 4 is 23.2 Å². The molecular formula is C13H18Cl2N2O. The third-order valence-corrected chi connectivity index (χ3v) is 4.07. The van der Waals surface area contributed by atoms with Crippen LogP contribution in [-0.2, 0) is 11.3 Å². The summed E-state index contributed by atoms with van der Waals surface area (Å²) in [6, 6.07) is 0.462. The van der Waals surface area contributed by atoms with Gasteiger partial charge in [0.05, 0.1) is 16.7 Å². The van der Waals surface area contributed by atoms with E-state index in [1.807, 2.05) is 0 Å². The maximum atomic E-state index is 6.17. The highest BCUT2D eigenvalue weighted by Crippen LogP contribution is 2.27. The molecule has 1 saturated heterocycles. The highest BCUT2D eigenvalue weighted by atomic mass is 35.5. The van der Waals surface area contributed by atoms with Crippen molar-refractivity contribution in [3.63, 3.8) is 0 Å². The molecule has 100 valence electrons. The summed E-state index contributed by atoms with van der Waals surface area (Å²) in [4.78, 5) is 6.39. The number of halogens is 2. The SMILES string of the molecule is COC[C@H]1CCCCN1Cc1c(Cl)cncc1Cl. The molecule has 0 aliphatic carbocycles. The largest absolute Gasteiger partial charge is 0.383 e. The van der Waals surface area contributed by atoms with E-state index in [0.29, 0.717) is 16.1 Å². The zero-order valence-corrected chi connectivity index (χ0v) is 12.0. The Kier molecular flexibility index (Phi) is 5.25. The second-order valence-corrected chi connectivity index (χ2v) is 5.47. The summed E-state index contributed by atoms with van der Waals surface area (Å²) >= 11 is 12.3. The van der Waals surface area contributed by atoms with E-state index in [1.54, 1.807) is 19.5 Å². The van der Waals surface area contributed by atoms with Crippen LogP contribution in [0.1, 0.15) is 24.8 Å². The maximum Gasteiger partial charge on any atom is 0.0649 e. The molecule has 0 N–H and O–H groups in total. The zero-order valence-electron chi connectivity index (χ0n) is 10.5. The maximum absolute atomic E-state index is 6.17. The van der Waals surface area contributed by atoms with Gasteiger partial charge in [-0.25, -0.2) is 0 Å². The normalized spacial score (nSPS) is 21.2. The predicted octanol–water partition coefficient (Wildman–Crippen LogP) is 3.39. The van der Waals surface area contributed by atoms with Gasteiger partial charge in [-0.05, 0) is 19.4 Å². The first kappa shape index (κ1) is 14.1. The average molecular weight is 289 g/mol. The van der Waals surface area contributed by atoms with Crippen molar-refractivity contribution < 1.29 is 4.74 Å². The molecule has 0 unspecified atom stereocenters. The summed E-state index contributed by atoms with van der Waals surface area (Å²) in [6.45, 7) is 2.61. The standard InChI is InChI=1S/C13H18Cl2N2O/c1-18-9-10-4-2-3-5-17(10)8-11-12(14)6-16-7-13(11)15/h6-7,10H,2-5,8-9H2,1H3/t10-/m1/s1. The Morgan fingerprint density at radius 3 is 2.72 bits per heavy atom. The Morgan fingerprint density at radius 2 is 2.06 bits per heavy atom.